The lowest BCUT2D eigenvalue weighted by Gasteiger charge is -2.32. The number of carbonyl (C=O) groups is 1. The van der Waals surface area contributed by atoms with Crippen molar-refractivity contribution >= 4 is 6.29 Å². The van der Waals surface area contributed by atoms with Gasteiger partial charge in [0.2, 0.25) is 0 Å². The number of aldehydes is 1. The fraction of sp³-hybridized carbons (Fsp3) is 0.542. The van der Waals surface area contributed by atoms with E-state index in [2.05, 4.69) is 52.0 Å². The van der Waals surface area contributed by atoms with Gasteiger partial charge in [-0.2, -0.15) is 0 Å². The van der Waals surface area contributed by atoms with Crippen LogP contribution in [0.2, 0.25) is 0 Å². The van der Waals surface area contributed by atoms with Gasteiger partial charge in [0, 0.05) is 0 Å². The van der Waals surface area contributed by atoms with Gasteiger partial charge in [0.15, 0.2) is 0 Å². The predicted octanol–water partition coefficient (Wildman–Crippen LogP) is 7.03. The lowest BCUT2D eigenvalue weighted by Crippen LogP contribution is -2.19. The SMILES string of the molecule is CC(C=CC1=C(C)CCCC1(C)C)=CC=C1CCCCCC1=CC=O. The number of hydrogen-bond donors (Lipinski definition) is 0. The monoisotopic (exact) mass is 338 g/mol. The molecule has 0 atom stereocenters. The van der Waals surface area contributed by atoms with E-state index in [1.54, 1.807) is 11.6 Å². The largest absolute Gasteiger partial charge is 0.299 e. The van der Waals surface area contributed by atoms with Crippen molar-refractivity contribution in [3.63, 3.8) is 0 Å². The van der Waals surface area contributed by atoms with E-state index in [-0.39, 0.29) is 0 Å². The lowest BCUT2D eigenvalue weighted by atomic mass is 9.72. The van der Waals surface area contributed by atoms with Crippen LogP contribution < -0.4 is 0 Å². The Morgan fingerprint density at radius 2 is 1.64 bits per heavy atom. The van der Waals surface area contributed by atoms with Crippen molar-refractivity contribution < 1.29 is 4.79 Å². The van der Waals surface area contributed by atoms with Gasteiger partial charge in [-0.15, -0.1) is 0 Å². The maximum Gasteiger partial charge on any atom is 0.143 e. The van der Waals surface area contributed by atoms with Crippen molar-refractivity contribution in [1.82, 2.24) is 0 Å². The molecule has 0 aromatic heterocycles. The average Bonchev–Trinajstić information content (AvgIpc) is 2.77. The standard InChI is InChI=1S/C24H34O/c1-19(13-15-23-20(2)9-8-17-24(23,3)4)12-14-21-10-6-5-7-11-22(21)16-18-25/h12-16,18H,5-11,17H2,1-4H3. The summed E-state index contributed by atoms with van der Waals surface area (Å²) in [6, 6.07) is 0. The van der Waals surface area contributed by atoms with Crippen LogP contribution in [-0.4, -0.2) is 6.29 Å². The molecule has 0 saturated heterocycles. The van der Waals surface area contributed by atoms with Gasteiger partial charge in [0.1, 0.15) is 6.29 Å². The first kappa shape index (κ1) is 19.7. The Balaban J connectivity index is 2.17. The molecule has 25 heavy (non-hydrogen) atoms. The second-order valence-electron chi connectivity index (χ2n) is 8.26. The van der Waals surface area contributed by atoms with E-state index in [4.69, 9.17) is 0 Å². The second-order valence-corrected chi connectivity index (χ2v) is 8.26. The molecule has 1 saturated carbocycles. The van der Waals surface area contributed by atoms with Gasteiger partial charge in [-0.3, -0.25) is 4.79 Å². The molecule has 0 radical (unpaired) electrons. The molecule has 0 N–H and O–H groups in total. The van der Waals surface area contributed by atoms with E-state index in [0.29, 0.717) is 5.41 Å². The van der Waals surface area contributed by atoms with Crippen molar-refractivity contribution in [2.75, 3.05) is 0 Å². The highest BCUT2D eigenvalue weighted by Gasteiger charge is 2.26. The molecule has 0 heterocycles. The summed E-state index contributed by atoms with van der Waals surface area (Å²) < 4.78 is 0. The van der Waals surface area contributed by atoms with Crippen LogP contribution in [0.1, 0.15) is 79.1 Å². The maximum atomic E-state index is 10.9. The highest BCUT2D eigenvalue weighted by molar-refractivity contribution is 5.68. The summed E-state index contributed by atoms with van der Waals surface area (Å²) in [7, 11) is 0. The van der Waals surface area contributed by atoms with Crippen LogP contribution >= 0.6 is 0 Å². The topological polar surface area (TPSA) is 17.1 Å². The molecule has 2 rings (SSSR count). The summed E-state index contributed by atoms with van der Waals surface area (Å²) in [6.07, 6.45) is 21.3. The maximum absolute atomic E-state index is 10.9. The molecule has 0 aromatic carbocycles. The number of carbonyl (C=O) groups excluding carboxylic acids is 1. The second kappa shape index (κ2) is 9.17. The normalized spacial score (nSPS) is 25.7. The molecular formula is C24H34O. The number of hydrogen-bond acceptors (Lipinski definition) is 1. The van der Waals surface area contributed by atoms with E-state index in [1.807, 2.05) is 0 Å². The Morgan fingerprint density at radius 1 is 0.960 bits per heavy atom. The molecule has 2 aliphatic carbocycles. The van der Waals surface area contributed by atoms with Gasteiger partial charge in [-0.25, -0.2) is 0 Å². The fourth-order valence-corrected chi connectivity index (χ4v) is 4.10. The zero-order valence-electron chi connectivity index (χ0n) is 16.5. The summed E-state index contributed by atoms with van der Waals surface area (Å²) >= 11 is 0. The van der Waals surface area contributed by atoms with Crippen molar-refractivity contribution in [1.29, 1.82) is 0 Å². The molecule has 0 bridgehead atoms. The number of rotatable bonds is 4. The first-order chi connectivity index (χ1) is 11.9. The summed E-state index contributed by atoms with van der Waals surface area (Å²) in [4.78, 5) is 10.9. The quantitative estimate of drug-likeness (QED) is 0.233. The Kier molecular flexibility index (Phi) is 7.23. The molecule has 0 aromatic rings. The summed E-state index contributed by atoms with van der Waals surface area (Å²) in [5.41, 5.74) is 7.18. The molecule has 0 aliphatic heterocycles. The highest BCUT2D eigenvalue weighted by Crippen LogP contribution is 2.40. The third kappa shape index (κ3) is 5.70. The zero-order valence-corrected chi connectivity index (χ0v) is 16.5. The van der Waals surface area contributed by atoms with Gasteiger partial charge in [-0.1, -0.05) is 55.7 Å². The summed E-state index contributed by atoms with van der Waals surface area (Å²) in [5.74, 6) is 0. The minimum absolute atomic E-state index is 0.290. The van der Waals surface area contributed by atoms with E-state index in [0.717, 1.165) is 19.1 Å². The third-order valence-electron chi connectivity index (χ3n) is 5.68. The van der Waals surface area contributed by atoms with E-state index >= 15 is 0 Å². The molecule has 2 aliphatic rings. The van der Waals surface area contributed by atoms with Crippen LogP contribution in [-0.2, 0) is 4.79 Å². The zero-order chi connectivity index (χ0) is 18.3. The van der Waals surface area contributed by atoms with Gasteiger partial charge in [-0.05, 0) is 87.0 Å². The van der Waals surface area contributed by atoms with Crippen LogP contribution in [0.25, 0.3) is 0 Å². The van der Waals surface area contributed by atoms with Crippen LogP contribution in [0.4, 0.5) is 0 Å². The first-order valence-electron chi connectivity index (χ1n) is 9.84. The van der Waals surface area contributed by atoms with Crippen LogP contribution in [0.3, 0.4) is 0 Å². The summed E-state index contributed by atoms with van der Waals surface area (Å²) in [6.45, 7) is 9.17. The lowest BCUT2D eigenvalue weighted by molar-refractivity contribution is -0.104. The Labute approximate surface area is 154 Å². The third-order valence-corrected chi connectivity index (χ3v) is 5.68. The van der Waals surface area contributed by atoms with Crippen molar-refractivity contribution in [3.8, 4) is 0 Å². The molecule has 0 unspecified atom stereocenters. The van der Waals surface area contributed by atoms with E-state index in [1.165, 1.54) is 60.8 Å². The van der Waals surface area contributed by atoms with Gasteiger partial charge in [0.25, 0.3) is 0 Å². The molecule has 1 heteroatoms. The average molecular weight is 339 g/mol. The van der Waals surface area contributed by atoms with E-state index < -0.39 is 0 Å². The minimum Gasteiger partial charge on any atom is -0.299 e. The highest BCUT2D eigenvalue weighted by atomic mass is 16.1. The first-order valence-corrected chi connectivity index (χ1v) is 9.84. The van der Waals surface area contributed by atoms with Crippen molar-refractivity contribution in [2.24, 2.45) is 5.41 Å². The van der Waals surface area contributed by atoms with Crippen LogP contribution in [0, 0.1) is 5.41 Å². The number of allylic oxidation sites excluding steroid dienone is 10. The van der Waals surface area contributed by atoms with Crippen molar-refractivity contribution in [2.45, 2.75) is 79.1 Å². The molecular weight excluding hydrogens is 304 g/mol. The van der Waals surface area contributed by atoms with Gasteiger partial charge < -0.3 is 0 Å². The molecule has 136 valence electrons. The summed E-state index contributed by atoms with van der Waals surface area (Å²) in [5, 5.41) is 0. The van der Waals surface area contributed by atoms with E-state index in [9.17, 15) is 4.79 Å². The fourth-order valence-electron chi connectivity index (χ4n) is 4.10. The molecule has 1 nitrogen and oxygen atoms in total. The van der Waals surface area contributed by atoms with Crippen LogP contribution in [0.15, 0.2) is 58.2 Å². The van der Waals surface area contributed by atoms with Gasteiger partial charge >= 0.3 is 0 Å². The molecule has 1 fully saturated rings. The van der Waals surface area contributed by atoms with Gasteiger partial charge in [0.05, 0.1) is 0 Å². The Bertz CT molecular complexity index is 635. The molecule has 0 amide bonds. The Morgan fingerprint density at radius 3 is 2.28 bits per heavy atom. The Hall–Kier alpha value is -1.63. The molecule has 0 spiro atoms. The smallest absolute Gasteiger partial charge is 0.143 e. The minimum atomic E-state index is 0.290. The predicted molar refractivity (Wildman–Crippen MR) is 109 cm³/mol. The van der Waals surface area contributed by atoms with Crippen LogP contribution in [0.5, 0.6) is 0 Å². The van der Waals surface area contributed by atoms with Crippen molar-refractivity contribution in [3.05, 3.63) is 58.2 Å².